The highest BCUT2D eigenvalue weighted by molar-refractivity contribution is 7.28. The fourth-order valence-corrected chi connectivity index (χ4v) is 12.7. The number of likely N-dealkylation sites (tertiary alicyclic amines) is 2. The number of hydrogen-bond acceptors (Lipinski definition) is 10. The number of imide groups is 1. The predicted octanol–water partition coefficient (Wildman–Crippen LogP) is 8.73. The number of piperidine rings is 4. The topological polar surface area (TPSA) is 124 Å². The minimum atomic E-state index is -0.693. The lowest BCUT2D eigenvalue weighted by Gasteiger charge is -2.39. The lowest BCUT2D eigenvalue weighted by Crippen LogP contribution is -2.54. The van der Waals surface area contributed by atoms with Crippen molar-refractivity contribution in [2.75, 3.05) is 68.8 Å². The summed E-state index contributed by atoms with van der Waals surface area (Å²) < 4.78 is 21.8. The SMILES string of the molecule is C#Cc1c(F)ccc2cccc(-c3ncc4c(N5CCCC(C)C5)nc(OCC5(CN6CCC(CN7CCC(c8cccc(N(C(C)=O)C9CCC(=O)NC9=O)c8C(C)C)CC7)CC6)CC5)nc4c3P)c12. The Morgan fingerprint density at radius 1 is 0.986 bits per heavy atom. The number of pyridine rings is 1. The first kappa shape index (κ1) is 49.1. The molecule has 5 aliphatic rings. The molecule has 1 N–H and O–H groups in total. The maximum atomic E-state index is 15.1. The lowest BCUT2D eigenvalue weighted by molar-refractivity contribution is -0.135. The van der Waals surface area contributed by atoms with Gasteiger partial charge < -0.3 is 19.4 Å². The molecule has 4 aliphatic heterocycles. The number of amides is 3. The van der Waals surface area contributed by atoms with Crippen molar-refractivity contribution in [3.63, 3.8) is 0 Å². The molecule has 4 saturated heterocycles. The molecule has 5 aromatic rings. The van der Waals surface area contributed by atoms with E-state index in [1.807, 2.05) is 36.5 Å². The summed E-state index contributed by atoms with van der Waals surface area (Å²) in [6.45, 7) is 16.9. The van der Waals surface area contributed by atoms with Crippen LogP contribution in [0.2, 0.25) is 0 Å². The number of rotatable bonds is 13. The number of fused-ring (bicyclic) bond motifs is 2. The summed E-state index contributed by atoms with van der Waals surface area (Å²) in [5, 5.41) is 5.63. The van der Waals surface area contributed by atoms with Gasteiger partial charge >= 0.3 is 6.01 Å². The summed E-state index contributed by atoms with van der Waals surface area (Å²) in [5.41, 5.74) is 5.71. The van der Waals surface area contributed by atoms with Crippen LogP contribution in [0.3, 0.4) is 0 Å². The Kier molecular flexibility index (Phi) is 14.2. The van der Waals surface area contributed by atoms with Gasteiger partial charge in [0.05, 0.1) is 28.8 Å². The van der Waals surface area contributed by atoms with Gasteiger partial charge in [0.1, 0.15) is 17.7 Å². The van der Waals surface area contributed by atoms with Gasteiger partial charge in [-0.25, -0.2) is 4.39 Å². The highest BCUT2D eigenvalue weighted by atomic mass is 31.0. The van der Waals surface area contributed by atoms with Crippen molar-refractivity contribution in [2.24, 2.45) is 17.3 Å². The minimum Gasteiger partial charge on any atom is -0.463 e. The van der Waals surface area contributed by atoms with Crippen molar-refractivity contribution >= 4 is 65.4 Å². The molecule has 0 spiro atoms. The molecule has 12 nitrogen and oxygen atoms in total. The third kappa shape index (κ3) is 10.1. The number of terminal acetylenes is 1. The van der Waals surface area contributed by atoms with Crippen molar-refractivity contribution in [2.45, 2.75) is 110 Å². The van der Waals surface area contributed by atoms with Gasteiger partial charge in [0.25, 0.3) is 0 Å². The van der Waals surface area contributed by atoms with Gasteiger partial charge in [-0.1, -0.05) is 63.1 Å². The first-order valence-electron chi connectivity index (χ1n) is 26.0. The molecule has 0 radical (unpaired) electrons. The summed E-state index contributed by atoms with van der Waals surface area (Å²) in [7, 11) is 2.87. The van der Waals surface area contributed by atoms with Crippen molar-refractivity contribution in [1.29, 1.82) is 0 Å². The predicted molar refractivity (Wildman–Crippen MR) is 283 cm³/mol. The monoisotopic (exact) mass is 979 g/mol. The number of anilines is 2. The maximum absolute atomic E-state index is 15.1. The molecule has 1 aliphatic carbocycles. The van der Waals surface area contributed by atoms with E-state index < -0.39 is 17.8 Å². The fourth-order valence-electron chi connectivity index (χ4n) is 12.3. The zero-order valence-electron chi connectivity index (χ0n) is 41.8. The zero-order chi connectivity index (χ0) is 49.6. The average molecular weight is 979 g/mol. The standard InChI is InChI=1S/C57H68FN8O4P/c1-6-41-45(58)16-15-40-11-7-13-43(50(40)41)51-53(71)52-44(30-59-51)54(65-25-9-10-36(4)31-65)62-56(61-52)70-34-57(23-24-57)33-64-26-19-38(20-27-64)32-63-28-21-39(22-29-63)42-12-8-14-46(49(42)35(2)3)66(37(5)67)47-17-18-48(68)60-55(47)69/h1,7-8,11-16,30,35-36,38-39,47H,9-10,17-29,31-34,71H2,2-5H3,(H,60,68,69). The molecule has 0 bridgehead atoms. The van der Waals surface area contributed by atoms with Gasteiger partial charge in [-0.2, -0.15) is 9.97 Å². The molecule has 3 unspecified atom stereocenters. The number of aromatic nitrogens is 3. The second-order valence-electron chi connectivity index (χ2n) is 21.7. The Morgan fingerprint density at radius 2 is 1.75 bits per heavy atom. The van der Waals surface area contributed by atoms with E-state index in [1.54, 1.807) is 11.0 Å². The van der Waals surface area contributed by atoms with Crippen molar-refractivity contribution < 1.29 is 23.5 Å². The maximum Gasteiger partial charge on any atom is 0.318 e. The van der Waals surface area contributed by atoms with Crippen LogP contribution in [-0.4, -0.2) is 107 Å². The lowest BCUT2D eigenvalue weighted by atomic mass is 9.81. The number of nitrogens with one attached hydrogen (secondary N) is 1. The number of benzene rings is 3. The van der Waals surface area contributed by atoms with Gasteiger partial charge in [0.2, 0.25) is 17.7 Å². The van der Waals surface area contributed by atoms with Crippen molar-refractivity contribution in [3.8, 4) is 29.6 Å². The van der Waals surface area contributed by atoms with E-state index in [-0.39, 0.29) is 35.1 Å². The van der Waals surface area contributed by atoms with Crippen LogP contribution >= 0.6 is 9.24 Å². The highest BCUT2D eigenvalue weighted by Gasteiger charge is 2.46. The van der Waals surface area contributed by atoms with E-state index >= 15 is 4.39 Å². The van der Waals surface area contributed by atoms with Crippen LogP contribution in [0.1, 0.15) is 120 Å². The average Bonchev–Trinajstić information content (AvgIpc) is 4.13. The van der Waals surface area contributed by atoms with Crippen LogP contribution in [0.5, 0.6) is 6.01 Å². The Morgan fingerprint density at radius 3 is 2.45 bits per heavy atom. The van der Waals surface area contributed by atoms with E-state index in [9.17, 15) is 14.4 Å². The number of ether oxygens (including phenoxy) is 1. The molecule has 71 heavy (non-hydrogen) atoms. The van der Waals surface area contributed by atoms with E-state index in [0.717, 1.165) is 129 Å². The molecule has 5 fully saturated rings. The van der Waals surface area contributed by atoms with Gasteiger partial charge in [-0.05, 0) is 136 Å². The quantitative estimate of drug-likeness (QED) is 0.0697. The van der Waals surface area contributed by atoms with Crippen molar-refractivity contribution in [3.05, 3.63) is 77.2 Å². The van der Waals surface area contributed by atoms with Crippen LogP contribution in [-0.2, 0) is 14.4 Å². The molecule has 3 atom stereocenters. The first-order valence-corrected chi connectivity index (χ1v) is 26.6. The van der Waals surface area contributed by atoms with Gasteiger partial charge in [0, 0.05) is 73.1 Å². The molecular formula is C57H68FN8O4P. The van der Waals surface area contributed by atoms with E-state index in [0.29, 0.717) is 47.9 Å². The first-order chi connectivity index (χ1) is 34.3. The normalized spacial score (nSPS) is 21.4. The van der Waals surface area contributed by atoms with Crippen LogP contribution in [0.15, 0.2) is 54.7 Å². The number of halogens is 1. The molecular weight excluding hydrogens is 911 g/mol. The van der Waals surface area contributed by atoms with Crippen LogP contribution < -0.4 is 25.2 Å². The number of hydrogen-bond donors (Lipinski definition) is 1. The van der Waals surface area contributed by atoms with E-state index in [2.05, 4.69) is 62.0 Å². The largest absolute Gasteiger partial charge is 0.463 e. The van der Waals surface area contributed by atoms with E-state index in [1.165, 1.54) is 37.8 Å². The minimum absolute atomic E-state index is 0.0775. The Hall–Kier alpha value is -5.54. The van der Waals surface area contributed by atoms with Gasteiger partial charge in [-0.15, -0.1) is 15.7 Å². The Balaban J connectivity index is 0.778. The molecule has 3 aromatic carbocycles. The molecule has 2 aromatic heterocycles. The Labute approximate surface area is 420 Å². The number of nitrogens with zero attached hydrogens (tertiary/aromatic N) is 7. The Bertz CT molecular complexity index is 2900. The highest BCUT2D eigenvalue weighted by Crippen LogP contribution is 2.47. The van der Waals surface area contributed by atoms with Gasteiger partial charge in [-0.3, -0.25) is 29.6 Å². The third-order valence-electron chi connectivity index (χ3n) is 16.2. The summed E-state index contributed by atoms with van der Waals surface area (Å²) in [4.78, 5) is 62.6. The fraction of sp³-hybridized carbons (Fsp3) is 0.509. The molecule has 6 heterocycles. The summed E-state index contributed by atoms with van der Waals surface area (Å²) in [5.74, 6) is 3.87. The smallest absolute Gasteiger partial charge is 0.318 e. The zero-order valence-corrected chi connectivity index (χ0v) is 43.0. The summed E-state index contributed by atoms with van der Waals surface area (Å²) in [6.07, 6.45) is 17.3. The second kappa shape index (κ2) is 20.5. The second-order valence-corrected chi connectivity index (χ2v) is 22.2. The van der Waals surface area contributed by atoms with Crippen molar-refractivity contribution in [1.82, 2.24) is 30.1 Å². The number of carbonyl (C=O) groups excluding carboxylic acids is 3. The van der Waals surface area contributed by atoms with Crippen LogP contribution in [0.25, 0.3) is 32.9 Å². The third-order valence-corrected chi connectivity index (χ3v) is 16.7. The summed E-state index contributed by atoms with van der Waals surface area (Å²) >= 11 is 0. The van der Waals surface area contributed by atoms with Gasteiger partial charge in [0.15, 0.2) is 0 Å². The van der Waals surface area contributed by atoms with Crippen LogP contribution in [0, 0.1) is 35.4 Å². The summed E-state index contributed by atoms with van der Waals surface area (Å²) in [6, 6.07) is 14.9. The van der Waals surface area contributed by atoms with Crippen LogP contribution in [0.4, 0.5) is 15.9 Å². The van der Waals surface area contributed by atoms with E-state index in [4.69, 9.17) is 26.1 Å². The molecule has 14 heteroatoms. The molecule has 10 rings (SSSR count). The molecule has 372 valence electrons. The number of carbonyl (C=O) groups is 3. The molecule has 1 saturated carbocycles. The molecule has 3 amide bonds.